The van der Waals surface area contributed by atoms with Crippen LogP contribution in [-0.4, -0.2) is 39.8 Å². The van der Waals surface area contributed by atoms with Crippen LogP contribution in [0, 0.1) is 0 Å². The second-order valence-electron chi connectivity index (χ2n) is 6.70. The Balaban J connectivity index is 1.76. The number of hydrogen-bond donors (Lipinski definition) is 2. The number of amides is 1. The number of aliphatic hydroxyl groups is 1. The van der Waals surface area contributed by atoms with Crippen molar-refractivity contribution in [3.8, 4) is 0 Å². The molecule has 2 aromatic rings. The van der Waals surface area contributed by atoms with Gasteiger partial charge in [0, 0.05) is 24.2 Å². The van der Waals surface area contributed by atoms with Gasteiger partial charge in [0.2, 0.25) is 0 Å². The van der Waals surface area contributed by atoms with Gasteiger partial charge in [-0.1, -0.05) is 19.1 Å². The summed E-state index contributed by atoms with van der Waals surface area (Å²) in [5.41, 5.74) is 3.54. The number of nitrogens with one attached hydrogen (secondary N) is 1. The van der Waals surface area contributed by atoms with Gasteiger partial charge in [-0.05, 0) is 49.1 Å². The molecule has 2 atom stereocenters. The van der Waals surface area contributed by atoms with E-state index in [1.807, 2.05) is 37.4 Å². The SMILES string of the molecule is CCSc1ccc(C(NC(=O)c2cnc3c(c2)CN(C)C3)C(C)O)cc1. The van der Waals surface area contributed by atoms with Crippen LogP contribution in [-0.2, 0) is 13.1 Å². The standard InChI is InChI=1S/C20H25N3O2S/c1-4-26-17-7-5-14(6-8-17)19(13(2)24)22-20(25)15-9-16-11-23(3)12-18(16)21-10-15/h5-10,13,19,24H,4,11-12H2,1-3H3,(H,22,25). The number of benzene rings is 1. The number of carbonyl (C=O) groups is 1. The lowest BCUT2D eigenvalue weighted by atomic mass is 10.0. The van der Waals surface area contributed by atoms with Gasteiger partial charge in [-0.15, -0.1) is 11.8 Å². The molecule has 1 aromatic heterocycles. The molecule has 0 bridgehead atoms. The quantitative estimate of drug-likeness (QED) is 0.764. The van der Waals surface area contributed by atoms with E-state index in [4.69, 9.17) is 0 Å². The Morgan fingerprint density at radius 1 is 1.35 bits per heavy atom. The van der Waals surface area contributed by atoms with Gasteiger partial charge in [0.1, 0.15) is 0 Å². The summed E-state index contributed by atoms with van der Waals surface area (Å²) in [5.74, 6) is 0.795. The third-order valence-corrected chi connectivity index (χ3v) is 5.40. The van der Waals surface area contributed by atoms with Crippen LogP contribution in [0.1, 0.15) is 47.1 Å². The molecule has 0 spiro atoms. The fourth-order valence-corrected chi connectivity index (χ4v) is 3.85. The normalized spacial score (nSPS) is 16.2. The highest BCUT2D eigenvalue weighted by Crippen LogP contribution is 2.24. The molecule has 0 radical (unpaired) electrons. The molecular weight excluding hydrogens is 346 g/mol. The summed E-state index contributed by atoms with van der Waals surface area (Å²) in [4.78, 5) is 20.5. The number of rotatable bonds is 6. The summed E-state index contributed by atoms with van der Waals surface area (Å²) in [7, 11) is 2.03. The van der Waals surface area contributed by atoms with Crippen molar-refractivity contribution in [1.29, 1.82) is 0 Å². The zero-order valence-electron chi connectivity index (χ0n) is 15.4. The fraction of sp³-hybridized carbons (Fsp3) is 0.400. The van der Waals surface area contributed by atoms with Crippen molar-refractivity contribution in [1.82, 2.24) is 15.2 Å². The summed E-state index contributed by atoms with van der Waals surface area (Å²) < 4.78 is 0. The van der Waals surface area contributed by atoms with Crippen molar-refractivity contribution in [2.24, 2.45) is 0 Å². The molecule has 2 unspecified atom stereocenters. The molecule has 6 heteroatoms. The number of nitrogens with zero attached hydrogens (tertiary/aromatic N) is 2. The molecule has 2 N–H and O–H groups in total. The van der Waals surface area contributed by atoms with Gasteiger partial charge in [-0.2, -0.15) is 0 Å². The van der Waals surface area contributed by atoms with E-state index >= 15 is 0 Å². The van der Waals surface area contributed by atoms with Crippen molar-refractivity contribution in [2.75, 3.05) is 12.8 Å². The maximum Gasteiger partial charge on any atom is 0.253 e. The second kappa shape index (κ2) is 8.20. The third kappa shape index (κ3) is 4.26. The molecule has 2 heterocycles. The summed E-state index contributed by atoms with van der Waals surface area (Å²) >= 11 is 1.76. The Labute approximate surface area is 158 Å². The second-order valence-corrected chi connectivity index (χ2v) is 8.03. The van der Waals surface area contributed by atoms with Crippen molar-refractivity contribution in [2.45, 2.75) is 44.0 Å². The highest BCUT2D eigenvalue weighted by molar-refractivity contribution is 7.99. The number of pyridine rings is 1. The van der Waals surface area contributed by atoms with Crippen LogP contribution in [0.3, 0.4) is 0 Å². The topological polar surface area (TPSA) is 65.5 Å². The predicted molar refractivity (Wildman–Crippen MR) is 104 cm³/mol. The highest BCUT2D eigenvalue weighted by Gasteiger charge is 2.23. The number of aliphatic hydroxyl groups excluding tert-OH is 1. The summed E-state index contributed by atoms with van der Waals surface area (Å²) in [6, 6.07) is 9.42. The minimum Gasteiger partial charge on any atom is -0.391 e. The van der Waals surface area contributed by atoms with Crippen LogP contribution in [0.15, 0.2) is 41.4 Å². The monoisotopic (exact) mass is 371 g/mol. The van der Waals surface area contributed by atoms with Crippen LogP contribution in [0.2, 0.25) is 0 Å². The first-order chi connectivity index (χ1) is 12.5. The van der Waals surface area contributed by atoms with Gasteiger partial charge in [0.25, 0.3) is 5.91 Å². The summed E-state index contributed by atoms with van der Waals surface area (Å²) in [5, 5.41) is 13.1. The Morgan fingerprint density at radius 3 is 2.73 bits per heavy atom. The first kappa shape index (κ1) is 18.9. The molecule has 1 amide bonds. The number of hydrogen-bond acceptors (Lipinski definition) is 5. The predicted octanol–water partition coefficient (Wildman–Crippen LogP) is 2.99. The van der Waals surface area contributed by atoms with Gasteiger partial charge in [0.15, 0.2) is 0 Å². The minimum atomic E-state index is -0.697. The van der Waals surface area contributed by atoms with E-state index in [1.54, 1.807) is 24.9 Å². The average molecular weight is 372 g/mol. The lowest BCUT2D eigenvalue weighted by molar-refractivity contribution is 0.0857. The molecule has 3 rings (SSSR count). The number of fused-ring (bicyclic) bond motifs is 1. The molecule has 0 saturated heterocycles. The van der Waals surface area contributed by atoms with E-state index in [1.165, 1.54) is 4.90 Å². The summed E-state index contributed by atoms with van der Waals surface area (Å²) in [6.07, 6.45) is 0.921. The maximum atomic E-state index is 12.7. The Hall–Kier alpha value is -1.89. The van der Waals surface area contributed by atoms with Gasteiger partial charge >= 0.3 is 0 Å². The molecule has 138 valence electrons. The van der Waals surface area contributed by atoms with E-state index in [0.717, 1.165) is 35.7 Å². The molecule has 1 aliphatic heterocycles. The van der Waals surface area contributed by atoms with Crippen LogP contribution >= 0.6 is 11.8 Å². The molecule has 1 aromatic carbocycles. The van der Waals surface area contributed by atoms with Crippen molar-refractivity contribution in [3.05, 3.63) is 58.9 Å². The molecule has 5 nitrogen and oxygen atoms in total. The highest BCUT2D eigenvalue weighted by atomic mass is 32.2. The third-order valence-electron chi connectivity index (χ3n) is 4.50. The van der Waals surface area contributed by atoms with Crippen molar-refractivity contribution < 1.29 is 9.90 Å². The van der Waals surface area contributed by atoms with E-state index in [2.05, 4.69) is 22.1 Å². The average Bonchev–Trinajstić information content (AvgIpc) is 2.99. The van der Waals surface area contributed by atoms with Gasteiger partial charge in [0.05, 0.1) is 23.4 Å². The van der Waals surface area contributed by atoms with Crippen LogP contribution in [0.25, 0.3) is 0 Å². The Morgan fingerprint density at radius 2 is 2.08 bits per heavy atom. The van der Waals surface area contributed by atoms with E-state index in [0.29, 0.717) is 5.56 Å². The largest absolute Gasteiger partial charge is 0.391 e. The molecule has 0 saturated carbocycles. The van der Waals surface area contributed by atoms with Crippen LogP contribution < -0.4 is 5.32 Å². The minimum absolute atomic E-state index is 0.215. The van der Waals surface area contributed by atoms with E-state index in [-0.39, 0.29) is 5.91 Å². The first-order valence-corrected chi connectivity index (χ1v) is 9.84. The number of aromatic nitrogens is 1. The van der Waals surface area contributed by atoms with Crippen molar-refractivity contribution in [3.63, 3.8) is 0 Å². The van der Waals surface area contributed by atoms with Gasteiger partial charge < -0.3 is 10.4 Å². The molecule has 26 heavy (non-hydrogen) atoms. The Bertz CT molecular complexity index is 777. The van der Waals surface area contributed by atoms with Crippen molar-refractivity contribution >= 4 is 17.7 Å². The first-order valence-electron chi connectivity index (χ1n) is 8.86. The molecule has 0 fully saturated rings. The lowest BCUT2D eigenvalue weighted by Crippen LogP contribution is -2.35. The fourth-order valence-electron chi connectivity index (χ4n) is 3.19. The lowest BCUT2D eigenvalue weighted by Gasteiger charge is -2.22. The zero-order valence-corrected chi connectivity index (χ0v) is 16.2. The van der Waals surface area contributed by atoms with Crippen LogP contribution in [0.4, 0.5) is 0 Å². The maximum absolute atomic E-state index is 12.7. The van der Waals surface area contributed by atoms with Gasteiger partial charge in [-0.3, -0.25) is 14.7 Å². The molecule has 1 aliphatic rings. The molecule has 0 aliphatic carbocycles. The van der Waals surface area contributed by atoms with Crippen LogP contribution in [0.5, 0.6) is 0 Å². The van der Waals surface area contributed by atoms with E-state index in [9.17, 15) is 9.90 Å². The molecular formula is C20H25N3O2S. The Kier molecular flexibility index (Phi) is 5.96. The van der Waals surface area contributed by atoms with E-state index < -0.39 is 12.1 Å². The number of carbonyl (C=O) groups excluding carboxylic acids is 1. The zero-order chi connectivity index (χ0) is 18.7. The smallest absolute Gasteiger partial charge is 0.253 e. The number of thioether (sulfide) groups is 1. The summed E-state index contributed by atoms with van der Waals surface area (Å²) in [6.45, 7) is 5.42. The van der Waals surface area contributed by atoms with Gasteiger partial charge in [-0.25, -0.2) is 0 Å².